The Morgan fingerprint density at radius 1 is 0.967 bits per heavy atom. The Labute approximate surface area is 175 Å². The van der Waals surface area contributed by atoms with Crippen LogP contribution in [-0.4, -0.2) is 25.0 Å². The minimum absolute atomic E-state index is 0.0605. The van der Waals surface area contributed by atoms with Crippen LogP contribution in [0.5, 0.6) is 0 Å². The average molecular weight is 409 g/mol. The van der Waals surface area contributed by atoms with E-state index in [2.05, 4.69) is 5.32 Å². The zero-order chi connectivity index (χ0) is 21.7. The van der Waals surface area contributed by atoms with Crippen LogP contribution in [0.25, 0.3) is 0 Å². The van der Waals surface area contributed by atoms with Crippen molar-refractivity contribution in [3.05, 3.63) is 95.6 Å². The molecule has 1 N–H and O–H groups in total. The van der Waals surface area contributed by atoms with Gasteiger partial charge >= 0.3 is 6.03 Å². The van der Waals surface area contributed by atoms with Gasteiger partial charge in [0.25, 0.3) is 0 Å². The van der Waals surface area contributed by atoms with Crippen molar-refractivity contribution in [2.24, 2.45) is 0 Å². The molecule has 1 atom stereocenters. The number of nitrogens with zero attached hydrogens (tertiary/aromatic N) is 2. The van der Waals surface area contributed by atoms with Crippen LogP contribution >= 0.6 is 0 Å². The van der Waals surface area contributed by atoms with Crippen molar-refractivity contribution in [1.82, 2.24) is 4.90 Å². The Bertz CT molecular complexity index is 991. The fraction of sp³-hybridized carbons (Fsp3) is 0.208. The van der Waals surface area contributed by atoms with Crippen LogP contribution < -0.4 is 10.2 Å². The Hall–Kier alpha value is -3.41. The highest BCUT2D eigenvalue weighted by Gasteiger charge is 2.23. The number of hydrogen-bond donors (Lipinski definition) is 1. The molecule has 0 bridgehead atoms. The molecule has 0 heterocycles. The maximum Gasteiger partial charge on any atom is 0.322 e. The maximum absolute atomic E-state index is 14.1. The molecule has 1 unspecified atom stereocenters. The summed E-state index contributed by atoms with van der Waals surface area (Å²) in [5.74, 6) is -1.51. The normalized spacial score (nSPS) is 11.6. The average Bonchev–Trinajstić information content (AvgIpc) is 2.74. The van der Waals surface area contributed by atoms with Crippen molar-refractivity contribution >= 4 is 17.4 Å². The third-order valence-electron chi connectivity index (χ3n) is 4.99. The van der Waals surface area contributed by atoms with Crippen LogP contribution in [0.2, 0.25) is 0 Å². The fourth-order valence-corrected chi connectivity index (χ4v) is 3.17. The molecule has 0 aliphatic rings. The van der Waals surface area contributed by atoms with Gasteiger partial charge in [0.2, 0.25) is 0 Å². The number of carbonyl (C=O) groups excluding carboxylic acids is 1. The Morgan fingerprint density at radius 2 is 1.63 bits per heavy atom. The van der Waals surface area contributed by atoms with Crippen LogP contribution in [0.15, 0.2) is 72.8 Å². The molecule has 0 spiro atoms. The first-order chi connectivity index (χ1) is 14.3. The Morgan fingerprint density at radius 3 is 2.23 bits per heavy atom. The fourth-order valence-electron chi connectivity index (χ4n) is 3.17. The summed E-state index contributed by atoms with van der Waals surface area (Å²) in [6.45, 7) is 2.25. The van der Waals surface area contributed by atoms with Crippen LogP contribution in [0, 0.1) is 11.6 Å². The van der Waals surface area contributed by atoms with Gasteiger partial charge in [-0.25, -0.2) is 13.6 Å². The number of rotatable bonds is 6. The zero-order valence-electron chi connectivity index (χ0n) is 17.3. The van der Waals surface area contributed by atoms with Gasteiger partial charge in [0.15, 0.2) is 0 Å². The van der Waals surface area contributed by atoms with Crippen molar-refractivity contribution in [1.29, 1.82) is 0 Å². The van der Waals surface area contributed by atoms with Gasteiger partial charge in [0.1, 0.15) is 11.6 Å². The molecule has 3 aromatic rings. The molecule has 0 saturated carbocycles. The molecular formula is C24H25F2N3O. The predicted octanol–water partition coefficient (Wildman–Crippen LogP) is 5.83. The second-order valence-corrected chi connectivity index (χ2v) is 7.33. The summed E-state index contributed by atoms with van der Waals surface area (Å²) in [4.78, 5) is 16.7. The molecule has 4 nitrogen and oxygen atoms in total. The number of carbonyl (C=O) groups is 1. The van der Waals surface area contributed by atoms with Gasteiger partial charge < -0.3 is 15.1 Å². The van der Waals surface area contributed by atoms with E-state index in [1.165, 1.54) is 6.07 Å². The lowest BCUT2D eigenvalue weighted by Gasteiger charge is -2.30. The molecule has 3 rings (SSSR count). The van der Waals surface area contributed by atoms with E-state index < -0.39 is 17.7 Å². The number of anilines is 2. The van der Waals surface area contributed by atoms with E-state index in [0.717, 1.165) is 28.9 Å². The van der Waals surface area contributed by atoms with Gasteiger partial charge in [-0.05, 0) is 42.3 Å². The molecule has 156 valence electrons. The second kappa shape index (κ2) is 9.39. The molecule has 0 radical (unpaired) electrons. The molecule has 6 heteroatoms. The lowest BCUT2D eigenvalue weighted by molar-refractivity contribution is 0.189. The number of benzene rings is 3. The number of amides is 2. The van der Waals surface area contributed by atoms with Gasteiger partial charge in [0, 0.05) is 32.4 Å². The van der Waals surface area contributed by atoms with Gasteiger partial charge in [-0.2, -0.15) is 0 Å². The Kier molecular flexibility index (Phi) is 6.67. The van der Waals surface area contributed by atoms with Crippen LogP contribution in [0.4, 0.5) is 25.0 Å². The molecule has 0 aliphatic carbocycles. The van der Waals surface area contributed by atoms with Crippen molar-refractivity contribution in [3.8, 4) is 0 Å². The summed E-state index contributed by atoms with van der Waals surface area (Å²) in [7, 11) is 3.92. The minimum atomic E-state index is -0.814. The van der Waals surface area contributed by atoms with E-state index in [1.807, 2.05) is 80.5 Å². The van der Waals surface area contributed by atoms with Gasteiger partial charge in [0.05, 0.1) is 11.7 Å². The van der Waals surface area contributed by atoms with Crippen molar-refractivity contribution < 1.29 is 13.6 Å². The summed E-state index contributed by atoms with van der Waals surface area (Å²) in [6.07, 6.45) is 0. The highest BCUT2D eigenvalue weighted by molar-refractivity contribution is 5.89. The van der Waals surface area contributed by atoms with Crippen molar-refractivity contribution in [2.45, 2.75) is 19.5 Å². The SMILES string of the molecule is CC(c1ccccc1)N(Cc1ccc(N(C)C)cc1)C(=O)Nc1ccc(F)cc1F. The first-order valence-electron chi connectivity index (χ1n) is 9.69. The largest absolute Gasteiger partial charge is 0.378 e. The highest BCUT2D eigenvalue weighted by atomic mass is 19.1. The molecule has 0 fully saturated rings. The van der Waals surface area contributed by atoms with E-state index in [-0.39, 0.29) is 11.7 Å². The van der Waals surface area contributed by atoms with Gasteiger partial charge in [-0.15, -0.1) is 0 Å². The smallest absolute Gasteiger partial charge is 0.322 e. The summed E-state index contributed by atoms with van der Waals surface area (Å²) in [5, 5.41) is 2.58. The molecular weight excluding hydrogens is 384 g/mol. The predicted molar refractivity (Wildman–Crippen MR) is 117 cm³/mol. The highest BCUT2D eigenvalue weighted by Crippen LogP contribution is 2.25. The summed E-state index contributed by atoms with van der Waals surface area (Å²) >= 11 is 0. The van der Waals surface area contributed by atoms with E-state index >= 15 is 0 Å². The van der Waals surface area contributed by atoms with Crippen LogP contribution in [-0.2, 0) is 6.54 Å². The first-order valence-corrected chi connectivity index (χ1v) is 9.69. The second-order valence-electron chi connectivity index (χ2n) is 7.33. The lowest BCUT2D eigenvalue weighted by atomic mass is 10.1. The van der Waals surface area contributed by atoms with E-state index in [9.17, 15) is 13.6 Å². The summed E-state index contributed by atoms with van der Waals surface area (Å²) < 4.78 is 27.3. The zero-order valence-corrected chi connectivity index (χ0v) is 17.3. The van der Waals surface area contributed by atoms with Crippen LogP contribution in [0.3, 0.4) is 0 Å². The maximum atomic E-state index is 14.1. The summed E-state index contributed by atoms with van der Waals surface area (Å²) in [5.41, 5.74) is 2.89. The molecule has 30 heavy (non-hydrogen) atoms. The van der Waals surface area contributed by atoms with Crippen LogP contribution in [0.1, 0.15) is 24.1 Å². The summed E-state index contributed by atoms with van der Waals surface area (Å²) in [6, 6.07) is 19.9. The number of hydrogen-bond acceptors (Lipinski definition) is 2. The standard InChI is InChI=1S/C24H25F2N3O/c1-17(19-7-5-4-6-8-19)29(16-18-9-12-21(13-10-18)28(2)3)24(30)27-23-14-11-20(25)15-22(23)26/h4-15,17H,16H2,1-3H3,(H,27,30). The molecule has 3 aromatic carbocycles. The quantitative estimate of drug-likeness (QED) is 0.556. The number of urea groups is 1. The van der Waals surface area contributed by atoms with Gasteiger partial charge in [-0.1, -0.05) is 42.5 Å². The third kappa shape index (κ3) is 5.14. The number of nitrogens with one attached hydrogen (secondary N) is 1. The molecule has 0 aliphatic heterocycles. The molecule has 0 aromatic heterocycles. The lowest BCUT2D eigenvalue weighted by Crippen LogP contribution is -2.36. The van der Waals surface area contributed by atoms with E-state index in [0.29, 0.717) is 6.54 Å². The number of halogens is 2. The van der Waals surface area contributed by atoms with Gasteiger partial charge in [-0.3, -0.25) is 0 Å². The third-order valence-corrected chi connectivity index (χ3v) is 4.99. The van der Waals surface area contributed by atoms with Crippen molar-refractivity contribution in [3.63, 3.8) is 0 Å². The molecule has 0 saturated heterocycles. The van der Waals surface area contributed by atoms with Crippen molar-refractivity contribution in [2.75, 3.05) is 24.3 Å². The topological polar surface area (TPSA) is 35.6 Å². The molecule has 2 amide bonds. The first kappa shape index (κ1) is 21.3. The van der Waals surface area contributed by atoms with E-state index in [4.69, 9.17) is 0 Å². The monoisotopic (exact) mass is 409 g/mol. The van der Waals surface area contributed by atoms with E-state index in [1.54, 1.807) is 4.90 Å². The Balaban J connectivity index is 1.87. The minimum Gasteiger partial charge on any atom is -0.378 e.